The molecule has 0 aromatic heterocycles. The number of aliphatic imine (C=N–C) groups is 1. The number of esters is 1. The van der Waals surface area contributed by atoms with Gasteiger partial charge in [-0.1, -0.05) is 54.1 Å². The maximum Gasteiger partial charge on any atom is 0.363 e. The molecule has 3 rings (SSSR count). The summed E-state index contributed by atoms with van der Waals surface area (Å²) in [5.41, 5.74) is 1.80. The third-order valence-corrected chi connectivity index (χ3v) is 3.68. The third-order valence-electron chi connectivity index (χ3n) is 3.37. The van der Waals surface area contributed by atoms with E-state index in [-0.39, 0.29) is 11.6 Å². The Kier molecular flexibility index (Phi) is 4.77. The van der Waals surface area contributed by atoms with E-state index in [0.717, 1.165) is 5.56 Å². The Balaban J connectivity index is 1.83. The van der Waals surface area contributed by atoms with Gasteiger partial charge in [-0.25, -0.2) is 9.79 Å². The maximum absolute atomic E-state index is 11.9. The molecule has 0 bridgehead atoms. The second-order valence-corrected chi connectivity index (χ2v) is 5.38. The molecular formula is C19H14ClNO3. The molecule has 24 heavy (non-hydrogen) atoms. The second kappa shape index (κ2) is 7.15. The van der Waals surface area contributed by atoms with Crippen molar-refractivity contribution in [2.75, 3.05) is 7.11 Å². The average Bonchev–Trinajstić information content (AvgIpc) is 2.96. The molecule has 120 valence electrons. The molecule has 5 heteroatoms. The highest BCUT2D eigenvalue weighted by Gasteiger charge is 2.25. The van der Waals surface area contributed by atoms with Gasteiger partial charge in [-0.2, -0.15) is 0 Å². The molecular weight excluding hydrogens is 326 g/mol. The number of allylic oxidation sites excluding steroid dienone is 2. The van der Waals surface area contributed by atoms with Crippen LogP contribution in [0.25, 0.3) is 6.08 Å². The van der Waals surface area contributed by atoms with Crippen molar-refractivity contribution in [1.29, 1.82) is 0 Å². The van der Waals surface area contributed by atoms with Gasteiger partial charge in [0.25, 0.3) is 0 Å². The summed E-state index contributed by atoms with van der Waals surface area (Å²) in [6.07, 6.45) is 5.25. The van der Waals surface area contributed by atoms with E-state index >= 15 is 0 Å². The Labute approximate surface area is 144 Å². The topological polar surface area (TPSA) is 47.9 Å². The minimum absolute atomic E-state index is 0.187. The average molecular weight is 340 g/mol. The first-order valence-corrected chi connectivity index (χ1v) is 7.63. The fraction of sp³-hybridized carbons (Fsp3) is 0.0526. The molecule has 0 saturated carbocycles. The van der Waals surface area contributed by atoms with Crippen LogP contribution in [0, 0.1) is 0 Å². The molecule has 2 aromatic carbocycles. The SMILES string of the molecule is COc1ccc(C2=N/C(=C\C=C\c3ccccc3)C(=O)O2)c(Cl)c1. The molecule has 0 saturated heterocycles. The molecule has 1 aliphatic rings. The van der Waals surface area contributed by atoms with Crippen LogP contribution >= 0.6 is 11.6 Å². The number of cyclic esters (lactones) is 1. The van der Waals surface area contributed by atoms with Crippen molar-refractivity contribution in [2.24, 2.45) is 4.99 Å². The van der Waals surface area contributed by atoms with Crippen LogP contribution in [0.4, 0.5) is 0 Å². The van der Waals surface area contributed by atoms with Crippen LogP contribution in [-0.4, -0.2) is 19.0 Å². The second-order valence-electron chi connectivity index (χ2n) is 4.97. The van der Waals surface area contributed by atoms with Gasteiger partial charge in [-0.15, -0.1) is 0 Å². The predicted octanol–water partition coefficient (Wildman–Crippen LogP) is 4.25. The van der Waals surface area contributed by atoms with E-state index in [1.165, 1.54) is 0 Å². The molecule has 0 unspecified atom stereocenters. The van der Waals surface area contributed by atoms with E-state index in [0.29, 0.717) is 16.3 Å². The van der Waals surface area contributed by atoms with E-state index in [1.54, 1.807) is 37.5 Å². The van der Waals surface area contributed by atoms with E-state index < -0.39 is 5.97 Å². The van der Waals surface area contributed by atoms with Gasteiger partial charge in [0.05, 0.1) is 17.7 Å². The maximum atomic E-state index is 11.9. The molecule has 1 aliphatic heterocycles. The van der Waals surface area contributed by atoms with Gasteiger partial charge in [0, 0.05) is 0 Å². The molecule has 0 N–H and O–H groups in total. The molecule has 0 radical (unpaired) electrons. The highest BCUT2D eigenvalue weighted by atomic mass is 35.5. The van der Waals surface area contributed by atoms with Crippen molar-refractivity contribution >= 4 is 29.5 Å². The standard InChI is InChI=1S/C19H14ClNO3/c1-23-14-10-11-15(16(20)12-14)18-21-17(19(22)24-18)9-5-8-13-6-3-2-4-7-13/h2-12H,1H3/b8-5+,17-9-. The minimum Gasteiger partial charge on any atom is -0.497 e. The first kappa shape index (κ1) is 16.0. The zero-order valence-electron chi connectivity index (χ0n) is 12.9. The Hall–Kier alpha value is -2.85. The number of nitrogens with zero attached hydrogens (tertiary/aromatic N) is 1. The van der Waals surface area contributed by atoms with Gasteiger partial charge >= 0.3 is 5.97 Å². The van der Waals surface area contributed by atoms with E-state index in [9.17, 15) is 4.79 Å². The number of methoxy groups -OCH3 is 1. The lowest BCUT2D eigenvalue weighted by molar-refractivity contribution is -0.130. The largest absolute Gasteiger partial charge is 0.497 e. The number of hydrogen-bond donors (Lipinski definition) is 0. The third kappa shape index (κ3) is 3.55. The molecule has 1 heterocycles. The fourth-order valence-electron chi connectivity index (χ4n) is 2.15. The highest BCUT2D eigenvalue weighted by molar-refractivity contribution is 6.34. The van der Waals surface area contributed by atoms with Crippen LogP contribution in [-0.2, 0) is 9.53 Å². The summed E-state index contributed by atoms with van der Waals surface area (Å²) in [7, 11) is 1.55. The van der Waals surface area contributed by atoms with Gasteiger partial charge in [0.15, 0.2) is 5.70 Å². The van der Waals surface area contributed by atoms with Crippen molar-refractivity contribution in [3.8, 4) is 5.75 Å². The van der Waals surface area contributed by atoms with Crippen molar-refractivity contribution in [3.63, 3.8) is 0 Å². The number of ether oxygens (including phenoxy) is 2. The quantitative estimate of drug-likeness (QED) is 0.618. The van der Waals surface area contributed by atoms with Crippen LogP contribution in [0.5, 0.6) is 5.75 Å². The molecule has 2 aromatic rings. The number of benzene rings is 2. The first-order chi connectivity index (χ1) is 11.7. The molecule has 0 spiro atoms. The summed E-state index contributed by atoms with van der Waals surface area (Å²) < 4.78 is 10.3. The molecule has 0 fully saturated rings. The minimum atomic E-state index is -0.505. The fourth-order valence-corrected chi connectivity index (χ4v) is 2.40. The summed E-state index contributed by atoms with van der Waals surface area (Å²) in [5, 5.41) is 0.405. The normalized spacial score (nSPS) is 15.7. The van der Waals surface area contributed by atoms with Crippen molar-refractivity contribution in [3.05, 3.63) is 82.5 Å². The number of carbonyl (C=O) groups is 1. The Morgan fingerprint density at radius 2 is 1.96 bits per heavy atom. The monoisotopic (exact) mass is 339 g/mol. The van der Waals surface area contributed by atoms with E-state index in [4.69, 9.17) is 21.1 Å². The lowest BCUT2D eigenvalue weighted by Gasteiger charge is -2.05. The smallest absolute Gasteiger partial charge is 0.363 e. The summed E-state index contributed by atoms with van der Waals surface area (Å²) in [5.74, 6) is 0.303. The zero-order valence-corrected chi connectivity index (χ0v) is 13.7. The van der Waals surface area contributed by atoms with Crippen LogP contribution < -0.4 is 4.74 Å². The summed E-state index contributed by atoms with van der Waals surface area (Å²) in [6, 6.07) is 14.8. The number of rotatable bonds is 4. The van der Waals surface area contributed by atoms with Crippen molar-refractivity contribution in [1.82, 2.24) is 0 Å². The van der Waals surface area contributed by atoms with Crippen LogP contribution in [0.15, 0.2) is 71.4 Å². The number of hydrogen-bond acceptors (Lipinski definition) is 4. The molecule has 0 atom stereocenters. The van der Waals surface area contributed by atoms with E-state index in [2.05, 4.69) is 4.99 Å². The van der Waals surface area contributed by atoms with Gasteiger partial charge in [0.1, 0.15) is 5.75 Å². The first-order valence-electron chi connectivity index (χ1n) is 7.25. The predicted molar refractivity (Wildman–Crippen MR) is 94.2 cm³/mol. The number of carbonyl (C=O) groups excluding carboxylic acids is 1. The Morgan fingerprint density at radius 1 is 1.17 bits per heavy atom. The van der Waals surface area contributed by atoms with Gasteiger partial charge in [-0.05, 0) is 29.8 Å². The summed E-state index contributed by atoms with van der Waals surface area (Å²) in [6.45, 7) is 0. The van der Waals surface area contributed by atoms with E-state index in [1.807, 2.05) is 36.4 Å². The van der Waals surface area contributed by atoms with Crippen molar-refractivity contribution in [2.45, 2.75) is 0 Å². The van der Waals surface area contributed by atoms with Crippen molar-refractivity contribution < 1.29 is 14.3 Å². The molecule has 0 amide bonds. The molecule has 4 nitrogen and oxygen atoms in total. The van der Waals surface area contributed by atoms with Gasteiger partial charge in [-0.3, -0.25) is 0 Å². The highest BCUT2D eigenvalue weighted by Crippen LogP contribution is 2.26. The lowest BCUT2D eigenvalue weighted by atomic mass is 10.2. The van der Waals surface area contributed by atoms with Gasteiger partial charge < -0.3 is 9.47 Å². The van der Waals surface area contributed by atoms with Crippen LogP contribution in [0.3, 0.4) is 0 Å². The van der Waals surface area contributed by atoms with Crippen LogP contribution in [0.1, 0.15) is 11.1 Å². The zero-order chi connectivity index (χ0) is 16.9. The Morgan fingerprint density at radius 3 is 2.67 bits per heavy atom. The van der Waals surface area contributed by atoms with Crippen LogP contribution in [0.2, 0.25) is 5.02 Å². The summed E-state index contributed by atoms with van der Waals surface area (Å²) >= 11 is 6.18. The summed E-state index contributed by atoms with van der Waals surface area (Å²) in [4.78, 5) is 16.1. The Bertz CT molecular complexity index is 854. The lowest BCUT2D eigenvalue weighted by Crippen LogP contribution is -2.06. The molecule has 0 aliphatic carbocycles. The van der Waals surface area contributed by atoms with Gasteiger partial charge in [0.2, 0.25) is 5.90 Å². The number of halogens is 1.